The van der Waals surface area contributed by atoms with Crippen LogP contribution in [0.1, 0.15) is 194 Å². The quantitative estimate of drug-likeness (QED) is 0.0261. The first-order chi connectivity index (χ1) is 35.8. The molecule has 7 atom stereocenters. The molecule has 1 rings (SSSR count). The third kappa shape index (κ3) is 41.1. The van der Waals surface area contributed by atoms with Gasteiger partial charge < -0.3 is 40.3 Å². The summed E-state index contributed by atoms with van der Waals surface area (Å²) in [6.07, 6.45) is 73.4. The number of hydrogen-bond donors (Lipinski definition) is 6. The van der Waals surface area contributed by atoms with Crippen molar-refractivity contribution in [3.63, 3.8) is 0 Å². The lowest BCUT2D eigenvalue weighted by molar-refractivity contribution is -0.302. The Kier molecular flexibility index (Phi) is 47.4. The summed E-state index contributed by atoms with van der Waals surface area (Å²) in [6, 6.07) is -0.833. The predicted molar refractivity (Wildman–Crippen MR) is 308 cm³/mol. The van der Waals surface area contributed by atoms with E-state index in [9.17, 15) is 30.3 Å². The fourth-order valence-corrected chi connectivity index (χ4v) is 7.92. The van der Waals surface area contributed by atoms with Crippen LogP contribution in [0.25, 0.3) is 0 Å². The van der Waals surface area contributed by atoms with E-state index in [-0.39, 0.29) is 12.5 Å². The number of amides is 1. The van der Waals surface area contributed by atoms with E-state index in [1.54, 1.807) is 6.08 Å². The second-order valence-corrected chi connectivity index (χ2v) is 19.0. The lowest BCUT2D eigenvalue weighted by atomic mass is 9.99. The van der Waals surface area contributed by atoms with Crippen molar-refractivity contribution in [3.8, 4) is 0 Å². The fourth-order valence-electron chi connectivity index (χ4n) is 7.92. The minimum Gasteiger partial charge on any atom is -0.394 e. The molecule has 1 amide bonds. The zero-order valence-corrected chi connectivity index (χ0v) is 45.6. The predicted octanol–water partition coefficient (Wildman–Crippen LogP) is 14.3. The maximum absolute atomic E-state index is 13.0. The van der Waals surface area contributed by atoms with Crippen molar-refractivity contribution in [3.05, 3.63) is 146 Å². The molecule has 0 aromatic carbocycles. The van der Waals surface area contributed by atoms with Gasteiger partial charge in [0.05, 0.1) is 25.4 Å². The summed E-state index contributed by atoms with van der Waals surface area (Å²) in [4.78, 5) is 13.0. The highest BCUT2D eigenvalue weighted by molar-refractivity contribution is 5.76. The Hall–Kier alpha value is -3.93. The van der Waals surface area contributed by atoms with Crippen LogP contribution in [0.3, 0.4) is 0 Å². The summed E-state index contributed by atoms with van der Waals surface area (Å²) in [5, 5.41) is 54.3. The zero-order valence-electron chi connectivity index (χ0n) is 45.6. The zero-order chi connectivity index (χ0) is 52.9. The summed E-state index contributed by atoms with van der Waals surface area (Å²) < 4.78 is 11.2. The van der Waals surface area contributed by atoms with Crippen LogP contribution in [-0.2, 0) is 14.3 Å². The molecule has 0 aromatic heterocycles. The molecule has 412 valence electrons. The monoisotopic (exact) mass is 1010 g/mol. The number of rotatable bonds is 46. The van der Waals surface area contributed by atoms with Crippen LogP contribution >= 0.6 is 0 Å². The fraction of sp³-hybridized carbons (Fsp3) is 0.609. The average Bonchev–Trinajstić information content (AvgIpc) is 3.39. The van der Waals surface area contributed by atoms with Gasteiger partial charge in [0.2, 0.25) is 5.91 Å². The Morgan fingerprint density at radius 3 is 1.26 bits per heavy atom. The molecule has 1 saturated heterocycles. The van der Waals surface area contributed by atoms with Crippen molar-refractivity contribution in [1.82, 2.24) is 5.32 Å². The minimum absolute atomic E-state index is 0.211. The van der Waals surface area contributed by atoms with E-state index in [0.717, 1.165) is 109 Å². The van der Waals surface area contributed by atoms with Crippen LogP contribution in [0.5, 0.6) is 0 Å². The van der Waals surface area contributed by atoms with E-state index in [0.29, 0.717) is 12.8 Å². The van der Waals surface area contributed by atoms with Crippen LogP contribution in [-0.4, -0.2) is 87.5 Å². The molecule has 9 heteroatoms. The number of aliphatic hydroxyl groups excluding tert-OH is 5. The average molecular weight is 1010 g/mol. The van der Waals surface area contributed by atoms with Gasteiger partial charge in [-0.05, 0) is 103 Å². The molecular formula is C64H103NO8. The van der Waals surface area contributed by atoms with Crippen LogP contribution in [0.2, 0.25) is 0 Å². The SMILES string of the molecule is CC/C=C\C/C=C\C/C=C\C/C=C\C/C=C\C/C=C\C/C=C\C/C=C\C/C=C\C/C=C\C/C=C\CCCCCC(=O)NC(COC1OC(CO)C(O)C(O)C1O)C(O)/C=C/CCCCCCCCCCCCC. The van der Waals surface area contributed by atoms with Gasteiger partial charge >= 0.3 is 0 Å². The Morgan fingerprint density at radius 1 is 0.479 bits per heavy atom. The van der Waals surface area contributed by atoms with Crippen molar-refractivity contribution in [2.24, 2.45) is 0 Å². The normalized spacial score (nSPS) is 20.2. The summed E-state index contributed by atoms with van der Waals surface area (Å²) >= 11 is 0. The molecular weight excluding hydrogens is 911 g/mol. The van der Waals surface area contributed by atoms with Crippen molar-refractivity contribution < 1.29 is 39.8 Å². The Balaban J connectivity index is 2.23. The van der Waals surface area contributed by atoms with Crippen LogP contribution in [0.15, 0.2) is 146 Å². The molecule has 73 heavy (non-hydrogen) atoms. The second-order valence-electron chi connectivity index (χ2n) is 19.0. The lowest BCUT2D eigenvalue weighted by Crippen LogP contribution is -2.60. The van der Waals surface area contributed by atoms with Crippen molar-refractivity contribution in [2.45, 2.75) is 236 Å². The first-order valence-corrected chi connectivity index (χ1v) is 28.6. The van der Waals surface area contributed by atoms with Gasteiger partial charge in [-0.1, -0.05) is 230 Å². The van der Waals surface area contributed by atoms with Gasteiger partial charge in [-0.25, -0.2) is 0 Å². The van der Waals surface area contributed by atoms with E-state index >= 15 is 0 Å². The molecule has 9 nitrogen and oxygen atoms in total. The van der Waals surface area contributed by atoms with Gasteiger partial charge in [0.15, 0.2) is 6.29 Å². The maximum atomic E-state index is 13.0. The lowest BCUT2D eigenvalue weighted by Gasteiger charge is -2.40. The molecule has 0 aliphatic carbocycles. The number of hydrogen-bond acceptors (Lipinski definition) is 8. The topological polar surface area (TPSA) is 149 Å². The third-order valence-corrected chi connectivity index (χ3v) is 12.4. The van der Waals surface area contributed by atoms with Gasteiger partial charge in [0, 0.05) is 6.42 Å². The van der Waals surface area contributed by atoms with Crippen LogP contribution in [0, 0.1) is 0 Å². The summed E-state index contributed by atoms with van der Waals surface area (Å²) in [5.41, 5.74) is 0. The van der Waals surface area contributed by atoms with E-state index in [2.05, 4.69) is 153 Å². The van der Waals surface area contributed by atoms with E-state index < -0.39 is 49.5 Å². The van der Waals surface area contributed by atoms with Gasteiger partial charge in [0.1, 0.15) is 24.4 Å². The summed E-state index contributed by atoms with van der Waals surface area (Å²) in [6.45, 7) is 3.62. The molecule has 0 bridgehead atoms. The van der Waals surface area contributed by atoms with Gasteiger partial charge in [-0.3, -0.25) is 4.79 Å². The van der Waals surface area contributed by atoms with Crippen molar-refractivity contribution in [1.29, 1.82) is 0 Å². The number of allylic oxidation sites excluding steroid dienone is 23. The summed E-state index contributed by atoms with van der Waals surface area (Å²) in [7, 11) is 0. The number of ether oxygens (including phenoxy) is 2. The molecule has 0 radical (unpaired) electrons. The third-order valence-electron chi connectivity index (χ3n) is 12.4. The molecule has 1 aliphatic rings. The van der Waals surface area contributed by atoms with Gasteiger partial charge in [-0.15, -0.1) is 0 Å². The Morgan fingerprint density at radius 2 is 0.849 bits per heavy atom. The highest BCUT2D eigenvalue weighted by atomic mass is 16.7. The van der Waals surface area contributed by atoms with E-state index in [4.69, 9.17) is 9.47 Å². The molecule has 0 spiro atoms. The highest BCUT2D eigenvalue weighted by Gasteiger charge is 2.44. The maximum Gasteiger partial charge on any atom is 0.220 e. The van der Waals surface area contributed by atoms with Crippen molar-refractivity contribution >= 4 is 5.91 Å². The number of unbranched alkanes of at least 4 members (excludes halogenated alkanes) is 14. The van der Waals surface area contributed by atoms with Gasteiger partial charge in [0.25, 0.3) is 0 Å². The van der Waals surface area contributed by atoms with E-state index in [1.807, 2.05) is 6.08 Å². The highest BCUT2D eigenvalue weighted by Crippen LogP contribution is 2.22. The number of carbonyl (C=O) groups excluding carboxylic acids is 1. The molecule has 7 unspecified atom stereocenters. The number of nitrogens with one attached hydrogen (secondary N) is 1. The number of carbonyl (C=O) groups is 1. The minimum atomic E-state index is -1.58. The van der Waals surface area contributed by atoms with Gasteiger partial charge in [-0.2, -0.15) is 0 Å². The molecule has 6 N–H and O–H groups in total. The Bertz CT molecular complexity index is 1650. The first kappa shape index (κ1) is 67.1. The van der Waals surface area contributed by atoms with Crippen molar-refractivity contribution in [2.75, 3.05) is 13.2 Å². The standard InChI is InChI=1S/C64H103NO8/c1-3-5-7-9-11-13-15-17-18-19-20-21-22-23-24-25-26-27-28-29-30-31-32-33-34-35-36-37-38-39-40-42-44-46-48-50-52-54-60(68)65-57(56-72-64-63(71)62(70)61(69)59(55-66)73-64)58(67)53-51-49-47-45-43-41-16-14-12-10-8-6-4-2/h5,7,11,13,17-18,20-21,23-24,26-27,29-30,32-33,35-36,38-39,42,44,51,53,57-59,61-64,66-67,69-71H,3-4,6,8-10,12,14-16,19,22,25,28,31,34,37,40-41,43,45-50,52,54-56H2,1-2H3,(H,65,68)/b7-5-,13-11-,18-17-,21-20-,24-23-,27-26-,30-29-,33-32-,36-35-,39-38-,44-42-,53-51+. The number of aliphatic hydroxyl groups is 5. The van der Waals surface area contributed by atoms with E-state index in [1.165, 1.54) is 57.8 Å². The largest absolute Gasteiger partial charge is 0.394 e. The van der Waals surface area contributed by atoms with Crippen LogP contribution < -0.4 is 5.32 Å². The molecule has 0 aromatic rings. The molecule has 0 saturated carbocycles. The summed E-state index contributed by atoms with van der Waals surface area (Å²) in [5.74, 6) is -0.216. The van der Waals surface area contributed by atoms with Crippen LogP contribution in [0.4, 0.5) is 0 Å². The molecule has 1 fully saturated rings. The molecule has 1 heterocycles. The smallest absolute Gasteiger partial charge is 0.220 e. The molecule has 1 aliphatic heterocycles. The Labute approximate surface area is 444 Å². The first-order valence-electron chi connectivity index (χ1n) is 28.6. The second kappa shape index (κ2) is 51.6.